The van der Waals surface area contributed by atoms with Gasteiger partial charge >= 0.3 is 0 Å². The Hall–Kier alpha value is -1.75. The molecule has 1 amide bonds. The third-order valence-corrected chi connectivity index (χ3v) is 3.01. The molecule has 1 rings (SSSR count). The molecule has 0 aliphatic carbocycles. The van der Waals surface area contributed by atoms with Gasteiger partial charge in [-0.3, -0.25) is 4.79 Å². The number of aliphatic hydroxyl groups is 1. The Balaban J connectivity index is 2.30. The van der Waals surface area contributed by atoms with Gasteiger partial charge in [-0.05, 0) is 30.2 Å². The molecule has 5 nitrogen and oxygen atoms in total. The van der Waals surface area contributed by atoms with Gasteiger partial charge in [0.25, 0.3) is 0 Å². The van der Waals surface area contributed by atoms with Crippen LogP contribution in [0, 0.1) is 5.92 Å². The van der Waals surface area contributed by atoms with Crippen LogP contribution < -0.4 is 14.8 Å². The minimum Gasteiger partial charge on any atom is -0.497 e. The van der Waals surface area contributed by atoms with Crippen LogP contribution in [0.5, 0.6) is 11.5 Å². The number of hydrogen-bond acceptors (Lipinski definition) is 4. The predicted molar refractivity (Wildman–Crippen MR) is 77.0 cm³/mol. The van der Waals surface area contributed by atoms with Crippen LogP contribution in [-0.4, -0.2) is 37.4 Å². The van der Waals surface area contributed by atoms with Gasteiger partial charge in [0.2, 0.25) is 5.91 Å². The van der Waals surface area contributed by atoms with Crippen LogP contribution >= 0.6 is 0 Å². The molecule has 0 unspecified atom stereocenters. The van der Waals surface area contributed by atoms with E-state index in [1.165, 1.54) is 0 Å². The van der Waals surface area contributed by atoms with Crippen molar-refractivity contribution in [3.63, 3.8) is 0 Å². The van der Waals surface area contributed by atoms with Crippen molar-refractivity contribution in [2.24, 2.45) is 5.92 Å². The van der Waals surface area contributed by atoms with Gasteiger partial charge in [0, 0.05) is 0 Å². The van der Waals surface area contributed by atoms with Gasteiger partial charge in [0.15, 0.2) is 0 Å². The van der Waals surface area contributed by atoms with Gasteiger partial charge in [-0.25, -0.2) is 0 Å². The first-order valence-corrected chi connectivity index (χ1v) is 6.74. The summed E-state index contributed by atoms with van der Waals surface area (Å²) in [6, 6.07) is 6.98. The van der Waals surface area contributed by atoms with Gasteiger partial charge < -0.3 is 19.9 Å². The van der Waals surface area contributed by atoms with E-state index in [0.29, 0.717) is 12.4 Å². The number of carbonyl (C=O) groups is 1. The maximum Gasteiger partial charge on any atom is 0.223 e. The second-order valence-electron chi connectivity index (χ2n) is 4.87. The topological polar surface area (TPSA) is 67.8 Å². The quantitative estimate of drug-likeness (QED) is 0.759. The third kappa shape index (κ3) is 5.48. The van der Waals surface area contributed by atoms with E-state index in [-0.39, 0.29) is 30.9 Å². The van der Waals surface area contributed by atoms with Crippen LogP contribution in [0.15, 0.2) is 24.3 Å². The van der Waals surface area contributed by atoms with Crippen LogP contribution in [0.25, 0.3) is 0 Å². The lowest BCUT2D eigenvalue weighted by Crippen LogP contribution is -2.41. The highest BCUT2D eigenvalue weighted by Crippen LogP contribution is 2.17. The number of aliphatic hydroxyl groups excluding tert-OH is 1. The maximum absolute atomic E-state index is 11.7. The summed E-state index contributed by atoms with van der Waals surface area (Å²) in [5, 5.41) is 11.9. The van der Waals surface area contributed by atoms with Crippen LogP contribution in [0.4, 0.5) is 0 Å². The van der Waals surface area contributed by atoms with E-state index in [4.69, 9.17) is 14.6 Å². The molecule has 0 heterocycles. The number of carbonyl (C=O) groups excluding carboxylic acids is 1. The molecule has 5 heteroatoms. The number of ether oxygens (including phenoxy) is 2. The summed E-state index contributed by atoms with van der Waals surface area (Å²) in [4.78, 5) is 11.7. The molecule has 0 fully saturated rings. The lowest BCUT2D eigenvalue weighted by atomic mass is 10.1. The SMILES string of the molecule is COc1ccc(OCCC(=O)N[C@H](CO)C(C)C)cc1. The smallest absolute Gasteiger partial charge is 0.223 e. The summed E-state index contributed by atoms with van der Waals surface area (Å²) >= 11 is 0. The van der Waals surface area contributed by atoms with Crippen molar-refractivity contribution >= 4 is 5.91 Å². The Morgan fingerprint density at radius 2 is 1.85 bits per heavy atom. The Morgan fingerprint density at radius 3 is 2.35 bits per heavy atom. The zero-order chi connectivity index (χ0) is 15.0. The molecule has 0 saturated heterocycles. The summed E-state index contributed by atoms with van der Waals surface area (Å²) in [5.74, 6) is 1.54. The molecule has 0 aliphatic rings. The van der Waals surface area contributed by atoms with E-state index < -0.39 is 0 Å². The van der Waals surface area contributed by atoms with E-state index in [1.807, 2.05) is 13.8 Å². The van der Waals surface area contributed by atoms with Crippen LogP contribution in [0.2, 0.25) is 0 Å². The largest absolute Gasteiger partial charge is 0.497 e. The van der Waals surface area contributed by atoms with Crippen LogP contribution in [0.1, 0.15) is 20.3 Å². The summed E-state index contributed by atoms with van der Waals surface area (Å²) in [6.07, 6.45) is 0.259. The average molecular weight is 281 g/mol. The Labute approximate surface area is 119 Å². The molecule has 1 aromatic rings. The Kier molecular flexibility index (Phi) is 6.87. The van der Waals surface area contributed by atoms with E-state index in [9.17, 15) is 4.79 Å². The molecule has 0 bridgehead atoms. The molecule has 0 aromatic heterocycles. The zero-order valence-electron chi connectivity index (χ0n) is 12.3. The first-order chi connectivity index (χ1) is 9.56. The molecule has 112 valence electrons. The summed E-state index contributed by atoms with van der Waals surface area (Å²) in [7, 11) is 1.60. The van der Waals surface area contributed by atoms with Crippen molar-refractivity contribution < 1.29 is 19.4 Å². The van der Waals surface area contributed by atoms with E-state index in [0.717, 1.165) is 5.75 Å². The number of benzene rings is 1. The zero-order valence-corrected chi connectivity index (χ0v) is 12.3. The van der Waals surface area contributed by atoms with Gasteiger partial charge in [0.1, 0.15) is 11.5 Å². The number of amides is 1. The molecule has 1 atom stereocenters. The molecular weight excluding hydrogens is 258 g/mol. The van der Waals surface area contributed by atoms with Crippen LogP contribution in [-0.2, 0) is 4.79 Å². The van der Waals surface area contributed by atoms with Crippen molar-refractivity contribution in [1.29, 1.82) is 0 Å². The Morgan fingerprint density at radius 1 is 1.25 bits per heavy atom. The number of hydrogen-bond donors (Lipinski definition) is 2. The predicted octanol–water partition coefficient (Wildman–Crippen LogP) is 1.60. The fourth-order valence-corrected chi connectivity index (χ4v) is 1.64. The summed E-state index contributed by atoms with van der Waals surface area (Å²) < 4.78 is 10.5. The van der Waals surface area contributed by atoms with Gasteiger partial charge in [-0.1, -0.05) is 13.8 Å². The monoisotopic (exact) mass is 281 g/mol. The van der Waals surface area contributed by atoms with Crippen LogP contribution in [0.3, 0.4) is 0 Å². The summed E-state index contributed by atoms with van der Waals surface area (Å²) in [5.41, 5.74) is 0. The second-order valence-corrected chi connectivity index (χ2v) is 4.87. The van der Waals surface area contributed by atoms with Crippen molar-refractivity contribution in [2.75, 3.05) is 20.3 Å². The Bertz CT molecular complexity index is 403. The summed E-state index contributed by atoms with van der Waals surface area (Å²) in [6.45, 7) is 4.15. The number of nitrogens with one attached hydrogen (secondary N) is 1. The molecule has 2 N–H and O–H groups in total. The molecular formula is C15H23NO4. The number of rotatable bonds is 8. The highest BCUT2D eigenvalue weighted by molar-refractivity contribution is 5.76. The first-order valence-electron chi connectivity index (χ1n) is 6.74. The minimum atomic E-state index is -0.205. The van der Waals surface area contributed by atoms with Gasteiger partial charge in [0.05, 0.1) is 32.8 Å². The highest BCUT2D eigenvalue weighted by atomic mass is 16.5. The van der Waals surface area contributed by atoms with Crippen molar-refractivity contribution in [1.82, 2.24) is 5.32 Å². The van der Waals surface area contributed by atoms with Crippen molar-refractivity contribution in [2.45, 2.75) is 26.3 Å². The van der Waals surface area contributed by atoms with Gasteiger partial charge in [-0.15, -0.1) is 0 Å². The molecule has 0 saturated carbocycles. The highest BCUT2D eigenvalue weighted by Gasteiger charge is 2.14. The van der Waals surface area contributed by atoms with Crippen molar-refractivity contribution in [3.8, 4) is 11.5 Å². The lowest BCUT2D eigenvalue weighted by molar-refractivity contribution is -0.122. The minimum absolute atomic E-state index is 0.0528. The number of methoxy groups -OCH3 is 1. The van der Waals surface area contributed by atoms with E-state index in [2.05, 4.69) is 5.32 Å². The molecule has 0 radical (unpaired) electrons. The fraction of sp³-hybridized carbons (Fsp3) is 0.533. The standard InChI is InChI=1S/C15H23NO4/c1-11(2)14(10-17)16-15(18)8-9-20-13-6-4-12(19-3)5-7-13/h4-7,11,14,17H,8-10H2,1-3H3,(H,16,18)/t14-/m1/s1. The third-order valence-electron chi connectivity index (χ3n) is 3.01. The molecule has 0 aliphatic heterocycles. The molecule has 0 spiro atoms. The maximum atomic E-state index is 11.7. The molecule has 1 aromatic carbocycles. The molecule has 20 heavy (non-hydrogen) atoms. The first kappa shape index (κ1) is 16.3. The normalized spacial score (nSPS) is 12.1. The lowest BCUT2D eigenvalue weighted by Gasteiger charge is -2.19. The average Bonchev–Trinajstić information content (AvgIpc) is 2.45. The van der Waals surface area contributed by atoms with E-state index in [1.54, 1.807) is 31.4 Å². The van der Waals surface area contributed by atoms with E-state index >= 15 is 0 Å². The second kappa shape index (κ2) is 8.43. The van der Waals surface area contributed by atoms with Crippen molar-refractivity contribution in [3.05, 3.63) is 24.3 Å². The fourth-order valence-electron chi connectivity index (χ4n) is 1.64. The van der Waals surface area contributed by atoms with Gasteiger partial charge in [-0.2, -0.15) is 0 Å².